The molecule has 1 N–H and O–H groups in total. The Morgan fingerprint density at radius 1 is 1.33 bits per heavy atom. The van der Waals surface area contributed by atoms with E-state index in [0.717, 1.165) is 17.9 Å². The number of hydrogen-bond donors (Lipinski definition) is 1. The molecule has 0 saturated heterocycles. The summed E-state index contributed by atoms with van der Waals surface area (Å²) in [6.45, 7) is 0.833. The van der Waals surface area contributed by atoms with Gasteiger partial charge in [-0.05, 0) is 37.9 Å². The van der Waals surface area contributed by atoms with Crippen LogP contribution in [0.1, 0.15) is 20.1 Å². The zero-order valence-corrected chi connectivity index (χ0v) is 13.9. The Kier molecular flexibility index (Phi) is 5.66. The summed E-state index contributed by atoms with van der Waals surface area (Å²) in [6, 6.07) is 1.94. The fourth-order valence-corrected chi connectivity index (χ4v) is 4.49. The van der Waals surface area contributed by atoms with Gasteiger partial charge in [0.15, 0.2) is 0 Å². The quantitative estimate of drug-likeness (QED) is 0.860. The zero-order valence-electron chi connectivity index (χ0n) is 12.3. The van der Waals surface area contributed by atoms with Crippen LogP contribution in [0.3, 0.4) is 0 Å². The molecule has 5 nitrogen and oxygen atoms in total. The first-order valence-electron chi connectivity index (χ1n) is 6.82. The van der Waals surface area contributed by atoms with Crippen LogP contribution in [0.15, 0.2) is 6.07 Å². The van der Waals surface area contributed by atoms with E-state index in [1.807, 2.05) is 36.8 Å². The molecular formula is C14H20N2O3S2. The number of nitrogens with zero attached hydrogens (tertiary/aromatic N) is 2. The Bertz CT molecular complexity index is 505. The second kappa shape index (κ2) is 7.29. The van der Waals surface area contributed by atoms with Gasteiger partial charge < -0.3 is 14.9 Å². The number of likely N-dealkylation sites (N-methyl/N-ethyl adjacent to an activating group) is 1. The molecule has 2 heterocycles. The summed E-state index contributed by atoms with van der Waals surface area (Å²) in [4.78, 5) is 28.8. The van der Waals surface area contributed by atoms with Gasteiger partial charge in [-0.2, -0.15) is 11.8 Å². The molecular weight excluding hydrogens is 308 g/mol. The third kappa shape index (κ3) is 4.46. The van der Waals surface area contributed by atoms with Crippen LogP contribution in [0, 0.1) is 0 Å². The maximum absolute atomic E-state index is 12.6. The van der Waals surface area contributed by atoms with Gasteiger partial charge in [0, 0.05) is 23.7 Å². The molecule has 0 radical (unpaired) electrons. The van der Waals surface area contributed by atoms with Crippen LogP contribution < -0.4 is 0 Å². The van der Waals surface area contributed by atoms with Crippen molar-refractivity contribution in [1.29, 1.82) is 0 Å². The molecule has 1 aromatic heterocycles. The largest absolute Gasteiger partial charge is 0.480 e. The Hall–Kier alpha value is -1.05. The van der Waals surface area contributed by atoms with Gasteiger partial charge in [-0.3, -0.25) is 9.59 Å². The van der Waals surface area contributed by atoms with Crippen molar-refractivity contribution in [1.82, 2.24) is 9.80 Å². The summed E-state index contributed by atoms with van der Waals surface area (Å²) >= 11 is 3.40. The van der Waals surface area contributed by atoms with Crippen LogP contribution in [0.5, 0.6) is 0 Å². The molecule has 0 saturated carbocycles. The second-order valence-electron chi connectivity index (χ2n) is 5.29. The van der Waals surface area contributed by atoms with Crippen molar-refractivity contribution in [3.05, 3.63) is 21.4 Å². The van der Waals surface area contributed by atoms with Crippen LogP contribution in [0.2, 0.25) is 0 Å². The maximum atomic E-state index is 12.6. The van der Waals surface area contributed by atoms with Crippen molar-refractivity contribution in [2.45, 2.75) is 12.2 Å². The van der Waals surface area contributed by atoms with Crippen LogP contribution in [0.25, 0.3) is 0 Å². The highest BCUT2D eigenvalue weighted by atomic mass is 32.2. The molecule has 7 heteroatoms. The number of thioether (sulfide) groups is 1. The molecule has 1 aliphatic rings. The van der Waals surface area contributed by atoms with Crippen molar-refractivity contribution >= 4 is 35.0 Å². The lowest BCUT2D eigenvalue weighted by Gasteiger charge is -2.22. The Labute approximate surface area is 132 Å². The molecule has 0 unspecified atom stereocenters. The van der Waals surface area contributed by atoms with E-state index in [1.54, 1.807) is 0 Å². The molecule has 1 aliphatic heterocycles. The minimum absolute atomic E-state index is 0.163. The number of rotatable bonds is 6. The smallest absolute Gasteiger partial charge is 0.323 e. The van der Waals surface area contributed by atoms with Gasteiger partial charge in [-0.15, -0.1) is 11.3 Å². The lowest BCUT2D eigenvalue weighted by Crippen LogP contribution is -2.39. The van der Waals surface area contributed by atoms with Gasteiger partial charge in [-0.1, -0.05) is 0 Å². The van der Waals surface area contributed by atoms with Crippen molar-refractivity contribution < 1.29 is 14.7 Å². The first-order valence-corrected chi connectivity index (χ1v) is 8.79. The number of fused-ring (bicyclic) bond motifs is 1. The highest BCUT2D eigenvalue weighted by Gasteiger charge is 2.23. The van der Waals surface area contributed by atoms with Crippen molar-refractivity contribution in [2.75, 3.05) is 39.5 Å². The predicted molar refractivity (Wildman–Crippen MR) is 86.3 cm³/mol. The number of aryl methyl sites for hydroxylation is 1. The predicted octanol–water partition coefficient (Wildman–Crippen LogP) is 1.63. The molecule has 1 aromatic rings. The maximum Gasteiger partial charge on any atom is 0.323 e. The SMILES string of the molecule is CN(C)CCN(CC(=O)O)C(=O)c1cc2c(s1)CCSC2. The highest BCUT2D eigenvalue weighted by molar-refractivity contribution is 7.98. The number of hydrogen-bond acceptors (Lipinski definition) is 5. The Morgan fingerprint density at radius 3 is 2.71 bits per heavy atom. The number of carboxylic acid groups (broad SMARTS) is 1. The normalized spacial score (nSPS) is 14.0. The molecule has 0 spiro atoms. The van der Waals surface area contributed by atoms with Crippen molar-refractivity contribution in [3.8, 4) is 0 Å². The molecule has 0 aromatic carbocycles. The summed E-state index contributed by atoms with van der Waals surface area (Å²) < 4.78 is 0. The van der Waals surface area contributed by atoms with Gasteiger partial charge in [0.1, 0.15) is 6.54 Å². The lowest BCUT2D eigenvalue weighted by molar-refractivity contribution is -0.137. The number of amides is 1. The number of carbonyl (C=O) groups is 2. The summed E-state index contributed by atoms with van der Waals surface area (Å²) in [5.41, 5.74) is 1.24. The number of carbonyl (C=O) groups excluding carboxylic acids is 1. The minimum Gasteiger partial charge on any atom is -0.480 e. The Morgan fingerprint density at radius 2 is 2.10 bits per heavy atom. The van der Waals surface area contributed by atoms with Crippen molar-refractivity contribution in [3.63, 3.8) is 0 Å². The molecule has 0 bridgehead atoms. The van der Waals surface area contributed by atoms with E-state index in [2.05, 4.69) is 0 Å². The van der Waals surface area contributed by atoms with E-state index in [4.69, 9.17) is 5.11 Å². The minimum atomic E-state index is -0.973. The van der Waals surface area contributed by atoms with Crippen LogP contribution >= 0.6 is 23.1 Å². The summed E-state index contributed by atoms with van der Waals surface area (Å²) in [7, 11) is 3.81. The van der Waals surface area contributed by atoms with E-state index in [9.17, 15) is 9.59 Å². The summed E-state index contributed by atoms with van der Waals surface area (Å²) in [5, 5.41) is 9.00. The second-order valence-corrected chi connectivity index (χ2v) is 7.53. The number of thiophene rings is 1. The first kappa shape index (κ1) is 16.3. The van der Waals surface area contributed by atoms with E-state index in [-0.39, 0.29) is 12.5 Å². The van der Waals surface area contributed by atoms with Gasteiger partial charge in [0.2, 0.25) is 0 Å². The summed E-state index contributed by atoms with van der Waals surface area (Å²) in [6.07, 6.45) is 1.01. The van der Waals surface area contributed by atoms with Crippen LogP contribution in [-0.4, -0.2) is 66.3 Å². The molecule has 1 amide bonds. The van der Waals surface area contributed by atoms with E-state index in [0.29, 0.717) is 18.0 Å². The Balaban J connectivity index is 2.12. The van der Waals surface area contributed by atoms with E-state index in [1.165, 1.54) is 26.7 Å². The van der Waals surface area contributed by atoms with Gasteiger partial charge in [0.05, 0.1) is 4.88 Å². The van der Waals surface area contributed by atoms with Gasteiger partial charge in [0.25, 0.3) is 5.91 Å². The molecule has 21 heavy (non-hydrogen) atoms. The lowest BCUT2D eigenvalue weighted by atomic mass is 10.2. The van der Waals surface area contributed by atoms with Crippen LogP contribution in [-0.2, 0) is 17.0 Å². The standard InChI is InChI=1S/C14H20N2O3S2/c1-15(2)4-5-16(8-13(17)18)14(19)12-7-10-9-20-6-3-11(10)21-12/h7H,3-6,8-9H2,1-2H3,(H,17,18). The zero-order chi connectivity index (χ0) is 15.4. The number of aliphatic carboxylic acids is 1. The third-order valence-corrected chi connectivity index (χ3v) is 5.50. The van der Waals surface area contributed by atoms with Crippen molar-refractivity contribution in [2.24, 2.45) is 0 Å². The molecule has 116 valence electrons. The first-order chi connectivity index (χ1) is 9.97. The van der Waals surface area contributed by atoms with E-state index >= 15 is 0 Å². The monoisotopic (exact) mass is 328 g/mol. The third-order valence-electron chi connectivity index (χ3n) is 3.27. The highest BCUT2D eigenvalue weighted by Crippen LogP contribution is 2.32. The average Bonchev–Trinajstić information content (AvgIpc) is 2.86. The van der Waals surface area contributed by atoms with Crippen LogP contribution in [0.4, 0.5) is 0 Å². The van der Waals surface area contributed by atoms with Gasteiger partial charge >= 0.3 is 5.97 Å². The van der Waals surface area contributed by atoms with E-state index < -0.39 is 5.97 Å². The fraction of sp³-hybridized carbons (Fsp3) is 0.571. The average molecular weight is 328 g/mol. The molecule has 0 aliphatic carbocycles. The summed E-state index contributed by atoms with van der Waals surface area (Å²) in [5.74, 6) is 0.915. The molecule has 0 fully saturated rings. The fourth-order valence-electron chi connectivity index (χ4n) is 2.14. The molecule has 0 atom stereocenters. The molecule has 2 rings (SSSR count). The number of carboxylic acids is 1. The van der Waals surface area contributed by atoms with Gasteiger partial charge in [-0.25, -0.2) is 0 Å². The topological polar surface area (TPSA) is 60.9 Å².